The molecule has 14 heteroatoms. The molecule has 0 aliphatic carbocycles. The monoisotopic (exact) mass is 738 g/mol. The number of carbonyl (C=O) groups excluding carboxylic acids is 2. The summed E-state index contributed by atoms with van der Waals surface area (Å²) >= 11 is 0. The lowest BCUT2D eigenvalue weighted by Gasteiger charge is -2.27. The number of nitrogens with zero attached hydrogens (tertiary/aromatic N) is 6. The van der Waals surface area contributed by atoms with Crippen molar-refractivity contribution in [2.24, 2.45) is 0 Å². The van der Waals surface area contributed by atoms with Crippen LogP contribution in [0.3, 0.4) is 0 Å². The fourth-order valence-electron chi connectivity index (χ4n) is 6.17. The van der Waals surface area contributed by atoms with Crippen LogP contribution in [-0.4, -0.2) is 54.3 Å². The van der Waals surface area contributed by atoms with Crippen LogP contribution in [0, 0.1) is 23.3 Å². The van der Waals surface area contributed by atoms with Gasteiger partial charge in [-0.2, -0.15) is 10.2 Å². The molecule has 4 aromatic carbocycles. The number of ether oxygens (including phenoxy) is 2. The van der Waals surface area contributed by atoms with Crippen molar-refractivity contribution in [1.82, 2.24) is 29.4 Å². The zero-order valence-corrected chi connectivity index (χ0v) is 28.9. The Morgan fingerprint density at radius 3 is 1.48 bits per heavy atom. The second kappa shape index (κ2) is 16.1. The normalized spacial score (nSPS) is 13.6. The van der Waals surface area contributed by atoms with Crippen molar-refractivity contribution in [2.45, 2.75) is 39.4 Å². The SMILES string of the molecule is O=C1c2cc(COc3ccccc3)nn2CCN1Cc1c(F)cccc1F.O=C1c2cc(COc3ccccc3)nn2CCN1Cc1cc(F)cc(F)c1. The number of rotatable bonds is 10. The summed E-state index contributed by atoms with van der Waals surface area (Å²) in [7, 11) is 0. The van der Waals surface area contributed by atoms with Crippen molar-refractivity contribution in [3.63, 3.8) is 0 Å². The van der Waals surface area contributed by atoms with Gasteiger partial charge in [0, 0.05) is 31.3 Å². The van der Waals surface area contributed by atoms with Gasteiger partial charge in [-0.1, -0.05) is 42.5 Å². The highest BCUT2D eigenvalue weighted by molar-refractivity contribution is 5.94. The number of hydrogen-bond donors (Lipinski definition) is 0. The van der Waals surface area contributed by atoms with Gasteiger partial charge in [0.2, 0.25) is 0 Å². The number of halogens is 4. The van der Waals surface area contributed by atoms with E-state index in [4.69, 9.17) is 9.47 Å². The summed E-state index contributed by atoms with van der Waals surface area (Å²) in [5.41, 5.74) is 2.43. The van der Waals surface area contributed by atoms with Gasteiger partial charge in [0.15, 0.2) is 0 Å². The Morgan fingerprint density at radius 1 is 0.537 bits per heavy atom. The molecule has 2 amide bonds. The number of para-hydroxylation sites is 2. The summed E-state index contributed by atoms with van der Waals surface area (Å²) in [6.45, 7) is 2.26. The molecule has 10 nitrogen and oxygen atoms in total. The summed E-state index contributed by atoms with van der Waals surface area (Å²) < 4.78 is 69.1. The van der Waals surface area contributed by atoms with E-state index in [9.17, 15) is 27.2 Å². The van der Waals surface area contributed by atoms with Crippen LogP contribution < -0.4 is 9.47 Å². The molecule has 0 saturated carbocycles. The Kier molecular flexibility index (Phi) is 10.7. The average molecular weight is 739 g/mol. The summed E-state index contributed by atoms with van der Waals surface area (Å²) in [4.78, 5) is 28.4. The molecule has 0 unspecified atom stereocenters. The minimum atomic E-state index is -0.654. The first-order chi connectivity index (χ1) is 26.2. The van der Waals surface area contributed by atoms with Crippen LogP contribution in [0.25, 0.3) is 0 Å². The zero-order chi connectivity index (χ0) is 37.6. The van der Waals surface area contributed by atoms with Gasteiger partial charge in [0.1, 0.15) is 70.8 Å². The van der Waals surface area contributed by atoms with Crippen molar-refractivity contribution < 1.29 is 36.6 Å². The molecular weight excluding hydrogens is 704 g/mol. The van der Waals surface area contributed by atoms with E-state index in [0.29, 0.717) is 60.3 Å². The summed E-state index contributed by atoms with van der Waals surface area (Å²) in [6.07, 6.45) is 0. The molecule has 276 valence electrons. The molecule has 6 aromatic rings. The maximum Gasteiger partial charge on any atom is 0.272 e. The van der Waals surface area contributed by atoms with Gasteiger partial charge in [0.05, 0.1) is 19.6 Å². The van der Waals surface area contributed by atoms with E-state index in [1.165, 1.54) is 35.2 Å². The molecule has 2 aliphatic rings. The van der Waals surface area contributed by atoms with E-state index in [-0.39, 0.29) is 43.7 Å². The number of aromatic nitrogens is 4. The lowest BCUT2D eigenvalue weighted by atomic mass is 10.1. The Balaban J connectivity index is 0.000000167. The highest BCUT2D eigenvalue weighted by Gasteiger charge is 2.29. The maximum absolute atomic E-state index is 13.9. The first-order valence-electron chi connectivity index (χ1n) is 17.2. The number of benzene rings is 4. The third kappa shape index (κ3) is 8.44. The number of amides is 2. The van der Waals surface area contributed by atoms with Crippen LogP contribution in [0.2, 0.25) is 0 Å². The molecule has 0 N–H and O–H groups in total. The number of hydrogen-bond acceptors (Lipinski definition) is 6. The molecule has 54 heavy (non-hydrogen) atoms. The zero-order valence-electron chi connectivity index (χ0n) is 28.9. The molecule has 0 fully saturated rings. The van der Waals surface area contributed by atoms with E-state index < -0.39 is 23.3 Å². The van der Waals surface area contributed by atoms with Gasteiger partial charge in [-0.3, -0.25) is 19.0 Å². The van der Waals surface area contributed by atoms with Crippen LogP contribution >= 0.6 is 0 Å². The molecule has 0 atom stereocenters. The molecule has 2 aliphatic heterocycles. The Hall–Kier alpha value is -6.44. The van der Waals surface area contributed by atoms with Crippen molar-refractivity contribution in [1.29, 1.82) is 0 Å². The van der Waals surface area contributed by atoms with Gasteiger partial charge in [-0.05, 0) is 66.2 Å². The predicted molar refractivity (Wildman–Crippen MR) is 188 cm³/mol. The predicted octanol–water partition coefficient (Wildman–Crippen LogP) is 6.79. The molecule has 0 saturated heterocycles. The van der Waals surface area contributed by atoms with Crippen LogP contribution in [0.5, 0.6) is 11.5 Å². The standard InChI is InChI=1S/2C20H17F2N3O2/c21-17-7-4-8-18(22)16(17)12-24-9-10-25-19(20(24)26)11-14(23-25)13-27-15-5-2-1-3-6-15;21-15-8-14(9-16(22)10-15)12-24-6-7-25-19(20(24)26)11-17(23-25)13-27-18-4-2-1-3-5-18/h1-8,11H,9-10,12-13H2;1-5,8-11H,6-7,12-13H2. The average Bonchev–Trinajstić information content (AvgIpc) is 3.79. The van der Waals surface area contributed by atoms with Gasteiger partial charge < -0.3 is 19.3 Å². The van der Waals surface area contributed by atoms with Crippen LogP contribution in [-0.2, 0) is 39.4 Å². The Bertz CT molecular complexity index is 2220. The van der Waals surface area contributed by atoms with Crippen molar-refractivity contribution >= 4 is 11.8 Å². The van der Waals surface area contributed by atoms with Crippen molar-refractivity contribution in [3.05, 3.63) is 166 Å². The molecule has 0 spiro atoms. The fourth-order valence-corrected chi connectivity index (χ4v) is 6.17. The molecule has 0 bridgehead atoms. The summed E-state index contributed by atoms with van der Waals surface area (Å²) in [5, 5.41) is 8.80. The molecule has 4 heterocycles. The van der Waals surface area contributed by atoms with Gasteiger partial charge in [-0.15, -0.1) is 0 Å². The minimum absolute atomic E-state index is 0.105. The lowest BCUT2D eigenvalue weighted by Crippen LogP contribution is -2.40. The minimum Gasteiger partial charge on any atom is -0.487 e. The number of carbonyl (C=O) groups is 2. The largest absolute Gasteiger partial charge is 0.487 e. The van der Waals surface area contributed by atoms with E-state index in [1.54, 1.807) is 26.4 Å². The second-order valence-corrected chi connectivity index (χ2v) is 12.6. The first-order valence-corrected chi connectivity index (χ1v) is 17.2. The fraction of sp³-hybridized carbons (Fsp3) is 0.200. The van der Waals surface area contributed by atoms with Crippen molar-refractivity contribution in [3.8, 4) is 11.5 Å². The first kappa shape index (κ1) is 35.9. The Morgan fingerprint density at radius 2 is 1.00 bits per heavy atom. The van der Waals surface area contributed by atoms with Crippen LogP contribution in [0.1, 0.15) is 43.5 Å². The highest BCUT2D eigenvalue weighted by Crippen LogP contribution is 2.22. The quantitative estimate of drug-likeness (QED) is 0.144. The summed E-state index contributed by atoms with van der Waals surface area (Å²) in [5.74, 6) is -1.69. The van der Waals surface area contributed by atoms with Crippen LogP contribution in [0.4, 0.5) is 17.6 Å². The van der Waals surface area contributed by atoms with E-state index in [2.05, 4.69) is 10.2 Å². The third-order valence-corrected chi connectivity index (χ3v) is 8.80. The summed E-state index contributed by atoms with van der Waals surface area (Å²) in [6, 6.07) is 29.0. The van der Waals surface area contributed by atoms with Gasteiger partial charge >= 0.3 is 0 Å². The molecular formula is C40H34F4N6O4. The lowest BCUT2D eigenvalue weighted by molar-refractivity contribution is 0.0674. The highest BCUT2D eigenvalue weighted by atomic mass is 19.1. The Labute approximate surface area is 307 Å². The molecule has 0 radical (unpaired) electrons. The van der Waals surface area contributed by atoms with E-state index in [0.717, 1.165) is 11.8 Å². The second-order valence-electron chi connectivity index (χ2n) is 12.6. The smallest absolute Gasteiger partial charge is 0.272 e. The van der Waals surface area contributed by atoms with Gasteiger partial charge in [0.25, 0.3) is 11.8 Å². The van der Waals surface area contributed by atoms with Gasteiger partial charge in [-0.25, -0.2) is 17.6 Å². The topological polar surface area (TPSA) is 94.7 Å². The van der Waals surface area contributed by atoms with Crippen LogP contribution in [0.15, 0.2) is 109 Å². The third-order valence-electron chi connectivity index (χ3n) is 8.80. The van der Waals surface area contributed by atoms with Crippen molar-refractivity contribution in [2.75, 3.05) is 13.1 Å². The number of fused-ring (bicyclic) bond motifs is 2. The maximum atomic E-state index is 13.9. The molecule has 8 rings (SSSR count). The van der Waals surface area contributed by atoms with E-state index >= 15 is 0 Å². The van der Waals surface area contributed by atoms with E-state index in [1.807, 2.05) is 60.7 Å². The molecule has 2 aromatic heterocycles.